The Morgan fingerprint density at radius 1 is 1.55 bits per heavy atom. The average molecular weight is 292 g/mol. The number of fused-ring (bicyclic) bond motifs is 1. The van der Waals surface area contributed by atoms with Crippen molar-refractivity contribution >= 4 is 34.5 Å². The first-order valence-corrected chi connectivity index (χ1v) is 7.70. The Balaban J connectivity index is 2.04. The van der Waals surface area contributed by atoms with Gasteiger partial charge in [0.05, 0.1) is 17.3 Å². The molecule has 0 saturated carbocycles. The van der Waals surface area contributed by atoms with Gasteiger partial charge in [-0.15, -0.1) is 0 Å². The molecule has 106 valence electrons. The third-order valence-electron chi connectivity index (χ3n) is 3.50. The van der Waals surface area contributed by atoms with Crippen molar-refractivity contribution in [2.75, 3.05) is 16.8 Å². The van der Waals surface area contributed by atoms with Crippen LogP contribution >= 0.6 is 11.8 Å². The van der Waals surface area contributed by atoms with E-state index in [4.69, 9.17) is 0 Å². The molecule has 6 nitrogen and oxygen atoms in total. The minimum atomic E-state index is -0.964. The number of pyridine rings is 1. The van der Waals surface area contributed by atoms with Gasteiger partial charge in [-0.3, -0.25) is 4.68 Å². The second-order valence-corrected chi connectivity index (χ2v) is 6.07. The number of aromatic nitrogens is 3. The van der Waals surface area contributed by atoms with Gasteiger partial charge in [0.25, 0.3) is 0 Å². The predicted molar refractivity (Wildman–Crippen MR) is 79.4 cm³/mol. The highest BCUT2D eigenvalue weighted by Crippen LogP contribution is 2.29. The number of rotatable bonds is 3. The lowest BCUT2D eigenvalue weighted by Crippen LogP contribution is -2.27. The number of thioether (sulfide) groups is 1. The molecule has 3 heterocycles. The fourth-order valence-electron chi connectivity index (χ4n) is 2.47. The summed E-state index contributed by atoms with van der Waals surface area (Å²) in [7, 11) is 1.80. The van der Waals surface area contributed by atoms with E-state index in [2.05, 4.69) is 15.4 Å². The molecule has 0 aliphatic carbocycles. The normalized spacial score (nSPS) is 19.1. The molecule has 1 saturated heterocycles. The maximum absolute atomic E-state index is 11.4. The van der Waals surface area contributed by atoms with Crippen molar-refractivity contribution in [2.24, 2.45) is 7.05 Å². The molecule has 2 N–H and O–H groups in total. The molecule has 2 aromatic rings. The smallest absolute Gasteiger partial charge is 0.339 e. The van der Waals surface area contributed by atoms with Crippen LogP contribution in [0.3, 0.4) is 0 Å². The zero-order chi connectivity index (χ0) is 14.1. The number of carbonyl (C=O) groups is 1. The summed E-state index contributed by atoms with van der Waals surface area (Å²) in [6.45, 7) is 0. The largest absolute Gasteiger partial charge is 0.478 e. The monoisotopic (exact) mass is 292 g/mol. The topological polar surface area (TPSA) is 80.0 Å². The van der Waals surface area contributed by atoms with Gasteiger partial charge in [0.15, 0.2) is 5.65 Å². The molecule has 1 aliphatic rings. The molecule has 1 unspecified atom stereocenters. The van der Waals surface area contributed by atoms with Gasteiger partial charge in [0.1, 0.15) is 5.56 Å². The molecule has 1 atom stereocenters. The van der Waals surface area contributed by atoms with E-state index in [9.17, 15) is 9.90 Å². The fraction of sp³-hybridized carbons (Fsp3) is 0.462. The molecule has 0 bridgehead atoms. The highest BCUT2D eigenvalue weighted by molar-refractivity contribution is 7.99. The number of anilines is 1. The van der Waals surface area contributed by atoms with Crippen LogP contribution in [0.25, 0.3) is 11.0 Å². The van der Waals surface area contributed by atoms with E-state index in [1.807, 2.05) is 11.8 Å². The van der Waals surface area contributed by atoms with Crippen LogP contribution in [0.15, 0.2) is 12.4 Å². The first-order valence-electron chi connectivity index (χ1n) is 6.55. The quantitative estimate of drug-likeness (QED) is 0.900. The van der Waals surface area contributed by atoms with E-state index in [1.54, 1.807) is 17.9 Å². The van der Waals surface area contributed by atoms with Crippen LogP contribution in [0.1, 0.15) is 23.2 Å². The molecule has 0 spiro atoms. The number of hydrogen-bond acceptors (Lipinski definition) is 5. The molecular weight excluding hydrogens is 276 g/mol. The van der Waals surface area contributed by atoms with Gasteiger partial charge in [-0.25, -0.2) is 9.78 Å². The van der Waals surface area contributed by atoms with Crippen molar-refractivity contribution in [3.05, 3.63) is 18.0 Å². The fourth-order valence-corrected chi connectivity index (χ4v) is 3.54. The Morgan fingerprint density at radius 2 is 2.40 bits per heavy atom. The first kappa shape index (κ1) is 13.2. The van der Waals surface area contributed by atoms with Crippen molar-refractivity contribution in [3.63, 3.8) is 0 Å². The van der Waals surface area contributed by atoms with Crippen molar-refractivity contribution in [2.45, 2.75) is 18.9 Å². The van der Waals surface area contributed by atoms with Crippen LogP contribution in [0, 0.1) is 0 Å². The number of hydrogen-bond donors (Lipinski definition) is 2. The van der Waals surface area contributed by atoms with E-state index in [0.29, 0.717) is 17.4 Å². The average Bonchev–Trinajstić information content (AvgIpc) is 2.82. The Hall–Kier alpha value is -1.76. The van der Waals surface area contributed by atoms with Crippen LogP contribution in [0.5, 0.6) is 0 Å². The summed E-state index contributed by atoms with van der Waals surface area (Å²) >= 11 is 1.90. The Bertz CT molecular complexity index is 649. The van der Waals surface area contributed by atoms with Crippen molar-refractivity contribution in [1.29, 1.82) is 0 Å². The zero-order valence-electron chi connectivity index (χ0n) is 11.2. The minimum absolute atomic E-state index is 0.209. The third-order valence-corrected chi connectivity index (χ3v) is 4.72. The summed E-state index contributed by atoms with van der Waals surface area (Å²) in [5.41, 5.74) is 1.55. The lowest BCUT2D eigenvalue weighted by molar-refractivity contribution is 0.0697. The highest BCUT2D eigenvalue weighted by Gasteiger charge is 2.21. The summed E-state index contributed by atoms with van der Waals surface area (Å²) in [4.78, 5) is 15.6. The molecule has 0 amide bonds. The van der Waals surface area contributed by atoms with Gasteiger partial charge in [-0.2, -0.15) is 16.9 Å². The zero-order valence-corrected chi connectivity index (χ0v) is 12.0. The lowest BCUT2D eigenvalue weighted by atomic mass is 10.1. The Kier molecular flexibility index (Phi) is 3.52. The highest BCUT2D eigenvalue weighted by atomic mass is 32.2. The minimum Gasteiger partial charge on any atom is -0.478 e. The van der Waals surface area contributed by atoms with Gasteiger partial charge >= 0.3 is 5.97 Å². The van der Waals surface area contributed by atoms with E-state index in [-0.39, 0.29) is 5.56 Å². The molecule has 1 fully saturated rings. The standard InChI is InChI=1S/C13H16N4O2S/c1-17-12-9(6-15-17)11(10(5-14-12)13(18)19)16-8-3-2-4-20-7-8/h5-6,8H,2-4,7H2,1H3,(H,14,16)(H,18,19). The number of aromatic carboxylic acids is 1. The van der Waals surface area contributed by atoms with Gasteiger partial charge in [0, 0.05) is 25.0 Å². The lowest BCUT2D eigenvalue weighted by Gasteiger charge is -2.24. The number of aryl methyl sites for hydroxylation is 1. The summed E-state index contributed by atoms with van der Waals surface area (Å²) in [5.74, 6) is 1.22. The van der Waals surface area contributed by atoms with Crippen molar-refractivity contribution in [1.82, 2.24) is 14.8 Å². The van der Waals surface area contributed by atoms with Gasteiger partial charge in [-0.1, -0.05) is 0 Å². The molecule has 7 heteroatoms. The number of nitrogens with one attached hydrogen (secondary N) is 1. The molecule has 2 aromatic heterocycles. The van der Waals surface area contributed by atoms with Gasteiger partial charge in [-0.05, 0) is 18.6 Å². The molecule has 1 aliphatic heterocycles. The van der Waals surface area contributed by atoms with Crippen LogP contribution in [0.4, 0.5) is 5.69 Å². The number of carboxylic acid groups (broad SMARTS) is 1. The second kappa shape index (κ2) is 5.32. The molecule has 3 rings (SSSR count). The SMILES string of the molecule is Cn1ncc2c(NC3CCCSC3)c(C(=O)O)cnc21. The maximum Gasteiger partial charge on any atom is 0.339 e. The summed E-state index contributed by atoms with van der Waals surface area (Å²) in [6, 6.07) is 0.303. The second-order valence-electron chi connectivity index (χ2n) is 4.92. The van der Waals surface area contributed by atoms with Crippen LogP contribution in [-0.4, -0.2) is 43.4 Å². The Labute approximate surface area is 120 Å². The van der Waals surface area contributed by atoms with E-state index in [0.717, 1.165) is 24.0 Å². The van der Waals surface area contributed by atoms with E-state index < -0.39 is 5.97 Å². The summed E-state index contributed by atoms with van der Waals surface area (Å²) in [6.07, 6.45) is 5.31. The maximum atomic E-state index is 11.4. The molecule has 0 aromatic carbocycles. The Morgan fingerprint density at radius 3 is 3.10 bits per heavy atom. The number of carboxylic acids is 1. The van der Waals surface area contributed by atoms with E-state index >= 15 is 0 Å². The number of nitrogens with zero attached hydrogens (tertiary/aromatic N) is 3. The van der Waals surface area contributed by atoms with E-state index in [1.165, 1.54) is 11.9 Å². The van der Waals surface area contributed by atoms with Crippen molar-refractivity contribution in [3.8, 4) is 0 Å². The molecule has 20 heavy (non-hydrogen) atoms. The predicted octanol–water partition coefficient (Wildman–Crippen LogP) is 1.97. The van der Waals surface area contributed by atoms with Crippen molar-refractivity contribution < 1.29 is 9.90 Å². The molecule has 0 radical (unpaired) electrons. The van der Waals surface area contributed by atoms with Crippen LogP contribution in [-0.2, 0) is 7.05 Å². The third kappa shape index (κ3) is 2.33. The van der Waals surface area contributed by atoms with Crippen LogP contribution in [0.2, 0.25) is 0 Å². The summed E-state index contributed by atoms with van der Waals surface area (Å²) in [5, 5.41) is 17.7. The summed E-state index contributed by atoms with van der Waals surface area (Å²) < 4.78 is 1.65. The van der Waals surface area contributed by atoms with Crippen LogP contribution < -0.4 is 5.32 Å². The molecular formula is C13H16N4O2S. The first-order chi connectivity index (χ1) is 9.66. The van der Waals surface area contributed by atoms with Gasteiger partial charge in [0.2, 0.25) is 0 Å². The van der Waals surface area contributed by atoms with Gasteiger partial charge < -0.3 is 10.4 Å².